The molecule has 0 aromatic carbocycles. The summed E-state index contributed by atoms with van der Waals surface area (Å²) in [6, 6.07) is -0.0962. The molecule has 1 saturated heterocycles. The van der Waals surface area contributed by atoms with Crippen LogP contribution >= 0.6 is 0 Å². The zero-order chi connectivity index (χ0) is 12.0. The van der Waals surface area contributed by atoms with Crippen LogP contribution in [0.1, 0.15) is 26.7 Å². The summed E-state index contributed by atoms with van der Waals surface area (Å²) in [4.78, 5) is 13.7. The highest BCUT2D eigenvalue weighted by Gasteiger charge is 2.29. The van der Waals surface area contributed by atoms with Gasteiger partial charge in [-0.2, -0.15) is 0 Å². The molecule has 0 aromatic heterocycles. The molecule has 0 unspecified atom stereocenters. The highest BCUT2D eigenvalue weighted by molar-refractivity contribution is 5.75. The second-order valence-electron chi connectivity index (χ2n) is 4.18. The number of amides is 2. The van der Waals surface area contributed by atoms with Gasteiger partial charge in [0.05, 0.1) is 25.4 Å². The quantitative estimate of drug-likeness (QED) is 0.742. The predicted octanol–water partition coefficient (Wildman–Crippen LogP) is 0.579. The fraction of sp³-hybridized carbons (Fsp3) is 0.909. The Morgan fingerprint density at radius 2 is 1.94 bits per heavy atom. The number of aliphatic hydroxyl groups excluding tert-OH is 1. The molecule has 0 aromatic rings. The van der Waals surface area contributed by atoms with E-state index < -0.39 is 5.54 Å². The van der Waals surface area contributed by atoms with Crippen molar-refractivity contribution >= 4 is 6.03 Å². The van der Waals surface area contributed by atoms with Crippen LogP contribution < -0.4 is 5.32 Å². The smallest absolute Gasteiger partial charge is 0.318 e. The number of carbonyl (C=O) groups is 1. The van der Waals surface area contributed by atoms with Gasteiger partial charge in [-0.05, 0) is 12.8 Å². The Morgan fingerprint density at radius 1 is 1.38 bits per heavy atom. The van der Waals surface area contributed by atoms with Gasteiger partial charge in [0.1, 0.15) is 0 Å². The number of rotatable bonds is 4. The highest BCUT2D eigenvalue weighted by Crippen LogP contribution is 2.14. The van der Waals surface area contributed by atoms with E-state index in [2.05, 4.69) is 5.32 Å². The van der Waals surface area contributed by atoms with E-state index >= 15 is 0 Å². The van der Waals surface area contributed by atoms with Gasteiger partial charge in [-0.25, -0.2) is 4.79 Å². The molecule has 0 aliphatic carbocycles. The molecule has 1 fully saturated rings. The molecule has 1 heterocycles. The van der Waals surface area contributed by atoms with E-state index in [1.807, 2.05) is 13.8 Å². The molecule has 2 amide bonds. The highest BCUT2D eigenvalue weighted by atomic mass is 16.5. The Hall–Kier alpha value is -0.810. The maximum atomic E-state index is 11.9. The van der Waals surface area contributed by atoms with Gasteiger partial charge in [-0.1, -0.05) is 13.8 Å². The van der Waals surface area contributed by atoms with Crippen molar-refractivity contribution in [1.29, 1.82) is 0 Å². The summed E-state index contributed by atoms with van der Waals surface area (Å²) in [5.74, 6) is 0. The lowest BCUT2D eigenvalue weighted by molar-refractivity contribution is 0.0482. The number of carbonyl (C=O) groups excluding carboxylic acids is 1. The van der Waals surface area contributed by atoms with Gasteiger partial charge in [0.2, 0.25) is 0 Å². The Labute approximate surface area is 96.8 Å². The minimum atomic E-state index is -0.477. The Kier molecular flexibility index (Phi) is 5.02. The molecule has 0 atom stereocenters. The van der Waals surface area contributed by atoms with Gasteiger partial charge >= 0.3 is 6.03 Å². The molecule has 0 spiro atoms. The van der Waals surface area contributed by atoms with E-state index in [9.17, 15) is 9.90 Å². The number of morpholine rings is 1. The summed E-state index contributed by atoms with van der Waals surface area (Å²) in [6.07, 6.45) is 1.46. The van der Waals surface area contributed by atoms with Crippen molar-refractivity contribution in [1.82, 2.24) is 10.2 Å². The molecule has 16 heavy (non-hydrogen) atoms. The number of nitrogens with zero attached hydrogens (tertiary/aromatic N) is 1. The summed E-state index contributed by atoms with van der Waals surface area (Å²) in [5.41, 5.74) is -0.477. The van der Waals surface area contributed by atoms with Crippen molar-refractivity contribution in [3.05, 3.63) is 0 Å². The molecule has 94 valence electrons. The number of aliphatic hydroxyl groups is 1. The fourth-order valence-electron chi connectivity index (χ4n) is 1.76. The molecule has 1 aliphatic rings. The van der Waals surface area contributed by atoms with Crippen LogP contribution in [0.15, 0.2) is 0 Å². The van der Waals surface area contributed by atoms with Crippen LogP contribution in [-0.2, 0) is 4.74 Å². The van der Waals surface area contributed by atoms with Crippen molar-refractivity contribution in [2.24, 2.45) is 0 Å². The molecule has 0 radical (unpaired) electrons. The minimum absolute atomic E-state index is 0.0178. The Bertz CT molecular complexity index is 215. The van der Waals surface area contributed by atoms with Crippen LogP contribution in [0.25, 0.3) is 0 Å². The maximum Gasteiger partial charge on any atom is 0.318 e. The van der Waals surface area contributed by atoms with E-state index in [4.69, 9.17) is 4.74 Å². The first-order valence-electron chi connectivity index (χ1n) is 5.93. The molecule has 5 heteroatoms. The predicted molar refractivity (Wildman–Crippen MR) is 61.3 cm³/mol. The zero-order valence-electron chi connectivity index (χ0n) is 10.2. The zero-order valence-corrected chi connectivity index (χ0v) is 10.2. The Morgan fingerprint density at radius 3 is 2.38 bits per heavy atom. The van der Waals surface area contributed by atoms with Gasteiger partial charge in [0.25, 0.3) is 0 Å². The molecule has 5 nitrogen and oxygen atoms in total. The maximum absolute atomic E-state index is 11.9. The first kappa shape index (κ1) is 13.3. The number of hydrogen-bond donors (Lipinski definition) is 2. The number of urea groups is 1. The van der Waals surface area contributed by atoms with Gasteiger partial charge in [-0.15, -0.1) is 0 Å². The monoisotopic (exact) mass is 230 g/mol. The molecule has 1 rings (SSSR count). The van der Waals surface area contributed by atoms with Gasteiger partial charge in [0, 0.05) is 13.1 Å². The third-order valence-electron chi connectivity index (χ3n) is 3.33. The van der Waals surface area contributed by atoms with Crippen LogP contribution in [0.5, 0.6) is 0 Å². The lowest BCUT2D eigenvalue weighted by Crippen LogP contribution is -2.56. The van der Waals surface area contributed by atoms with Crippen molar-refractivity contribution in [2.75, 3.05) is 32.9 Å². The van der Waals surface area contributed by atoms with Gasteiger partial charge < -0.3 is 20.1 Å². The molecule has 1 aliphatic heterocycles. The van der Waals surface area contributed by atoms with E-state index in [-0.39, 0.29) is 12.6 Å². The van der Waals surface area contributed by atoms with Crippen molar-refractivity contribution in [3.8, 4) is 0 Å². The van der Waals surface area contributed by atoms with E-state index in [0.717, 1.165) is 12.8 Å². The van der Waals surface area contributed by atoms with Crippen molar-refractivity contribution in [2.45, 2.75) is 32.2 Å². The standard InChI is InChI=1S/C11H22N2O3/c1-3-11(4-2,9-14)12-10(15)13-5-7-16-8-6-13/h14H,3-9H2,1-2H3,(H,12,15). The summed E-state index contributed by atoms with van der Waals surface area (Å²) >= 11 is 0. The lowest BCUT2D eigenvalue weighted by atomic mass is 9.94. The molecular weight excluding hydrogens is 208 g/mol. The molecular formula is C11H22N2O3. The largest absolute Gasteiger partial charge is 0.394 e. The van der Waals surface area contributed by atoms with Crippen LogP contribution in [-0.4, -0.2) is 54.5 Å². The molecule has 2 N–H and O–H groups in total. The first-order chi connectivity index (χ1) is 7.67. The van der Waals surface area contributed by atoms with Gasteiger partial charge in [0.15, 0.2) is 0 Å². The molecule has 0 bridgehead atoms. The first-order valence-corrected chi connectivity index (χ1v) is 5.93. The Balaban J connectivity index is 2.53. The van der Waals surface area contributed by atoms with Crippen LogP contribution in [0.4, 0.5) is 4.79 Å². The topological polar surface area (TPSA) is 61.8 Å². The molecule has 0 saturated carbocycles. The lowest BCUT2D eigenvalue weighted by Gasteiger charge is -2.35. The normalized spacial score (nSPS) is 17.3. The minimum Gasteiger partial charge on any atom is -0.394 e. The SMILES string of the molecule is CCC(CC)(CO)NC(=O)N1CCOCC1. The van der Waals surface area contributed by atoms with E-state index in [0.29, 0.717) is 26.3 Å². The third kappa shape index (κ3) is 3.09. The summed E-state index contributed by atoms with van der Waals surface area (Å²) in [6.45, 7) is 6.37. The van der Waals surface area contributed by atoms with Gasteiger partial charge in [-0.3, -0.25) is 0 Å². The number of hydrogen-bond acceptors (Lipinski definition) is 3. The second kappa shape index (κ2) is 6.06. The van der Waals surface area contributed by atoms with E-state index in [1.54, 1.807) is 4.90 Å². The van der Waals surface area contributed by atoms with Crippen LogP contribution in [0.3, 0.4) is 0 Å². The number of nitrogens with one attached hydrogen (secondary N) is 1. The average molecular weight is 230 g/mol. The van der Waals surface area contributed by atoms with Crippen LogP contribution in [0.2, 0.25) is 0 Å². The fourth-order valence-corrected chi connectivity index (χ4v) is 1.76. The summed E-state index contributed by atoms with van der Waals surface area (Å²) < 4.78 is 5.19. The average Bonchev–Trinajstić information content (AvgIpc) is 2.37. The van der Waals surface area contributed by atoms with Crippen LogP contribution in [0, 0.1) is 0 Å². The second-order valence-corrected chi connectivity index (χ2v) is 4.18. The summed E-state index contributed by atoms with van der Waals surface area (Å²) in [5, 5.41) is 12.3. The van der Waals surface area contributed by atoms with Crippen molar-refractivity contribution in [3.63, 3.8) is 0 Å². The van der Waals surface area contributed by atoms with Crippen molar-refractivity contribution < 1.29 is 14.6 Å². The number of ether oxygens (including phenoxy) is 1. The third-order valence-corrected chi connectivity index (χ3v) is 3.33. The summed E-state index contributed by atoms with van der Waals surface area (Å²) in [7, 11) is 0. The van der Waals surface area contributed by atoms with E-state index in [1.165, 1.54) is 0 Å².